The van der Waals surface area contributed by atoms with Crippen LogP contribution in [0.25, 0.3) is 0 Å². The fraction of sp³-hybridized carbons (Fsp3) is 0.903. The molecule has 7 heteroatoms. The molecule has 0 amide bonds. The number of esters is 1. The predicted octanol–water partition coefficient (Wildman–Crippen LogP) is 5.39. The van der Waals surface area contributed by atoms with Crippen LogP contribution in [0.15, 0.2) is 0 Å². The second-order valence-electron chi connectivity index (χ2n) is 14.3. The van der Waals surface area contributed by atoms with Gasteiger partial charge < -0.3 is 19.3 Å². The molecule has 6 aliphatic rings. The third-order valence-electron chi connectivity index (χ3n) is 12.6. The molecule has 4 aliphatic carbocycles. The Kier molecular flexibility index (Phi) is 6.54. The van der Waals surface area contributed by atoms with Crippen molar-refractivity contribution in [3.63, 3.8) is 0 Å². The van der Waals surface area contributed by atoms with E-state index in [4.69, 9.17) is 19.3 Å². The van der Waals surface area contributed by atoms with E-state index in [2.05, 4.69) is 27.7 Å². The number of carboxylic acid groups (broad SMARTS) is 1. The Labute approximate surface area is 226 Å². The predicted molar refractivity (Wildman–Crippen MR) is 139 cm³/mol. The zero-order valence-electron chi connectivity index (χ0n) is 23.6. The number of ether oxygens (including phenoxy) is 3. The molecule has 2 aliphatic heterocycles. The molecule has 0 radical (unpaired) electrons. The summed E-state index contributed by atoms with van der Waals surface area (Å²) in [6.07, 6.45) is 8.25. The third kappa shape index (κ3) is 3.92. The van der Waals surface area contributed by atoms with E-state index in [1.165, 1.54) is 0 Å². The molecule has 6 rings (SSSR count). The molecule has 0 unspecified atom stereocenters. The van der Waals surface area contributed by atoms with Gasteiger partial charge in [-0.05, 0) is 80.0 Å². The van der Waals surface area contributed by atoms with Gasteiger partial charge in [-0.15, -0.1) is 0 Å². The number of hydrogen-bond donors (Lipinski definition) is 1. The zero-order valence-corrected chi connectivity index (χ0v) is 23.6. The summed E-state index contributed by atoms with van der Waals surface area (Å²) in [7, 11) is 0. The number of ketones is 1. The van der Waals surface area contributed by atoms with Gasteiger partial charge in [0.15, 0.2) is 5.79 Å². The van der Waals surface area contributed by atoms with E-state index in [1.54, 1.807) is 0 Å². The first kappa shape index (κ1) is 26.7. The van der Waals surface area contributed by atoms with Crippen molar-refractivity contribution in [1.82, 2.24) is 0 Å². The Morgan fingerprint density at radius 3 is 2.53 bits per heavy atom. The number of carbonyl (C=O) groups excluding carboxylic acids is 2. The second-order valence-corrected chi connectivity index (χ2v) is 14.3. The fourth-order valence-electron chi connectivity index (χ4n) is 10.5. The number of rotatable bonds is 4. The lowest BCUT2D eigenvalue weighted by Gasteiger charge is -2.60. The second kappa shape index (κ2) is 9.29. The van der Waals surface area contributed by atoms with Crippen molar-refractivity contribution in [2.75, 3.05) is 6.61 Å². The summed E-state index contributed by atoms with van der Waals surface area (Å²) < 4.78 is 18.9. The summed E-state index contributed by atoms with van der Waals surface area (Å²) in [6.45, 7) is 9.94. The molecule has 0 aromatic rings. The van der Waals surface area contributed by atoms with E-state index in [-0.39, 0.29) is 47.7 Å². The highest BCUT2D eigenvalue weighted by atomic mass is 16.7. The van der Waals surface area contributed by atoms with Crippen LogP contribution < -0.4 is 0 Å². The van der Waals surface area contributed by atoms with Crippen LogP contribution >= 0.6 is 0 Å². The van der Waals surface area contributed by atoms with Crippen molar-refractivity contribution in [3.8, 4) is 0 Å². The number of aliphatic carboxylic acids is 1. The van der Waals surface area contributed by atoms with E-state index >= 15 is 0 Å². The maximum Gasteiger partial charge on any atom is 0.306 e. The van der Waals surface area contributed by atoms with Gasteiger partial charge in [-0.3, -0.25) is 14.4 Å². The van der Waals surface area contributed by atoms with Gasteiger partial charge in [-0.1, -0.05) is 27.7 Å². The van der Waals surface area contributed by atoms with Crippen LogP contribution in [0, 0.1) is 52.3 Å². The van der Waals surface area contributed by atoms with Crippen molar-refractivity contribution in [1.29, 1.82) is 0 Å². The lowest BCUT2D eigenvalue weighted by atomic mass is 9.44. The molecule has 0 aromatic heterocycles. The van der Waals surface area contributed by atoms with E-state index in [9.17, 15) is 14.4 Å². The molecule has 38 heavy (non-hydrogen) atoms. The molecule has 1 N–H and O–H groups in total. The zero-order chi connectivity index (χ0) is 27.0. The Bertz CT molecular complexity index is 985. The molecular formula is C31H46O7. The largest absolute Gasteiger partial charge is 0.481 e. The number of hydrogen-bond acceptors (Lipinski definition) is 6. The molecule has 212 valence electrons. The van der Waals surface area contributed by atoms with Crippen LogP contribution in [0.4, 0.5) is 0 Å². The topological polar surface area (TPSA) is 99.1 Å². The maximum atomic E-state index is 14.2. The number of fused-ring (bicyclic) bond motifs is 7. The highest BCUT2D eigenvalue weighted by Gasteiger charge is 2.71. The lowest BCUT2D eigenvalue weighted by Crippen LogP contribution is -2.58. The Morgan fingerprint density at radius 2 is 1.82 bits per heavy atom. The monoisotopic (exact) mass is 530 g/mol. The first-order valence-electron chi connectivity index (χ1n) is 15.2. The molecule has 12 atom stereocenters. The minimum absolute atomic E-state index is 0.0680. The minimum Gasteiger partial charge on any atom is -0.481 e. The number of carboxylic acids is 1. The van der Waals surface area contributed by atoms with Crippen LogP contribution in [-0.4, -0.2) is 47.4 Å². The fourth-order valence-corrected chi connectivity index (χ4v) is 10.5. The maximum absolute atomic E-state index is 14.2. The minimum atomic E-state index is -0.975. The molecule has 2 heterocycles. The molecule has 0 aromatic carbocycles. The van der Waals surface area contributed by atoms with E-state index in [0.717, 1.165) is 58.0 Å². The summed E-state index contributed by atoms with van der Waals surface area (Å²) >= 11 is 0. The van der Waals surface area contributed by atoms with Crippen LogP contribution in [0.5, 0.6) is 0 Å². The van der Waals surface area contributed by atoms with Gasteiger partial charge in [0.2, 0.25) is 0 Å². The van der Waals surface area contributed by atoms with Crippen molar-refractivity contribution in [3.05, 3.63) is 0 Å². The summed E-state index contributed by atoms with van der Waals surface area (Å²) in [5.41, 5.74) is -0.251. The molecule has 2 saturated heterocycles. The van der Waals surface area contributed by atoms with E-state index in [0.29, 0.717) is 41.8 Å². The highest BCUT2D eigenvalue weighted by molar-refractivity contribution is 5.87. The SMILES string of the molecule is C[C@H]1CC[C@@]2(OC1)O[C@H]1C[C@@H]3[C@@H]4CC[C@H]5C[C@H](OC(=O)CCC(=O)O)CC[C@]5(C)[C@@H]4CC(=O)[C@]3(C)[C@H]1[C@@H]2C. The van der Waals surface area contributed by atoms with Gasteiger partial charge in [0.25, 0.3) is 0 Å². The Morgan fingerprint density at radius 1 is 1.03 bits per heavy atom. The van der Waals surface area contributed by atoms with Gasteiger partial charge in [0, 0.05) is 30.1 Å². The van der Waals surface area contributed by atoms with Crippen molar-refractivity contribution < 1.29 is 33.7 Å². The standard InChI is InChI=1S/C31H46O7/c1-17-9-12-31(36-16-17)18(2)28-24(38-31)14-23-21-6-5-19-13-20(37-27(35)8-7-26(33)34)10-11-29(19,3)22(21)15-25(32)30(23,28)4/h17-24,28H,5-16H2,1-4H3,(H,33,34)/t17-,18-,19-,20+,21+,22+,23+,24-,28-,29-,30+,31+/m0/s1. The van der Waals surface area contributed by atoms with Gasteiger partial charge in [-0.25, -0.2) is 0 Å². The average molecular weight is 531 g/mol. The third-order valence-corrected chi connectivity index (χ3v) is 12.6. The van der Waals surface area contributed by atoms with Crippen molar-refractivity contribution in [2.45, 2.75) is 116 Å². The van der Waals surface area contributed by atoms with Crippen molar-refractivity contribution >= 4 is 17.7 Å². The molecule has 6 fully saturated rings. The highest BCUT2D eigenvalue weighted by Crippen LogP contribution is 2.70. The summed E-state index contributed by atoms with van der Waals surface area (Å²) in [4.78, 5) is 37.2. The first-order valence-corrected chi connectivity index (χ1v) is 15.2. The van der Waals surface area contributed by atoms with Gasteiger partial charge >= 0.3 is 11.9 Å². The molecular weight excluding hydrogens is 484 g/mol. The lowest BCUT2D eigenvalue weighted by molar-refractivity contribution is -0.272. The summed E-state index contributed by atoms with van der Waals surface area (Å²) in [6, 6.07) is 0. The van der Waals surface area contributed by atoms with Crippen LogP contribution in [0.1, 0.15) is 98.3 Å². The Balaban J connectivity index is 1.17. The van der Waals surface area contributed by atoms with Gasteiger partial charge in [0.05, 0.1) is 25.6 Å². The normalized spacial score (nSPS) is 51.6. The molecule has 0 bridgehead atoms. The summed E-state index contributed by atoms with van der Waals surface area (Å²) in [5, 5.41) is 8.86. The molecule has 4 saturated carbocycles. The smallest absolute Gasteiger partial charge is 0.306 e. The summed E-state index contributed by atoms with van der Waals surface area (Å²) in [5.74, 6) is 1.32. The Hall–Kier alpha value is -1.47. The van der Waals surface area contributed by atoms with Crippen molar-refractivity contribution in [2.24, 2.45) is 52.3 Å². The molecule has 1 spiro atoms. The van der Waals surface area contributed by atoms with Crippen LogP contribution in [0.2, 0.25) is 0 Å². The van der Waals surface area contributed by atoms with E-state index < -0.39 is 17.7 Å². The van der Waals surface area contributed by atoms with Gasteiger partial charge in [-0.2, -0.15) is 0 Å². The van der Waals surface area contributed by atoms with Crippen LogP contribution in [0.3, 0.4) is 0 Å². The molecule has 7 nitrogen and oxygen atoms in total. The van der Waals surface area contributed by atoms with E-state index in [1.807, 2.05) is 0 Å². The quantitative estimate of drug-likeness (QED) is 0.487. The average Bonchev–Trinajstić information content (AvgIpc) is 3.32. The van der Waals surface area contributed by atoms with Gasteiger partial charge in [0.1, 0.15) is 11.9 Å². The number of Topliss-reactive ketones (excluding diaryl/α,β-unsaturated/α-hetero) is 1. The van der Waals surface area contributed by atoms with Crippen LogP contribution in [-0.2, 0) is 28.6 Å². The first-order chi connectivity index (χ1) is 18.0. The number of carbonyl (C=O) groups is 3.